The summed E-state index contributed by atoms with van der Waals surface area (Å²) in [7, 11) is 1.11. The topological polar surface area (TPSA) is 50.1 Å². The molecule has 7 heteroatoms. The first-order valence-electron chi connectivity index (χ1n) is 4.63. The van der Waals surface area contributed by atoms with Gasteiger partial charge < -0.3 is 4.74 Å². The summed E-state index contributed by atoms with van der Waals surface area (Å²) in [6.45, 7) is 0. The number of nitriles is 1. The van der Waals surface area contributed by atoms with E-state index in [0.29, 0.717) is 0 Å². The number of hydrogen-bond acceptors (Lipinski definition) is 3. The van der Waals surface area contributed by atoms with Gasteiger partial charge >= 0.3 is 12.1 Å². The Morgan fingerprint density at radius 3 is 2.50 bits per heavy atom. The average Bonchev–Trinajstić information content (AvgIpc) is 2.34. The third kappa shape index (κ3) is 2.82. The van der Waals surface area contributed by atoms with Crippen molar-refractivity contribution >= 4 is 21.9 Å². The monoisotopic (exact) mass is 321 g/mol. The van der Waals surface area contributed by atoms with Crippen molar-refractivity contribution in [2.45, 2.75) is 11.5 Å². The zero-order chi connectivity index (χ0) is 13.9. The van der Waals surface area contributed by atoms with Crippen LogP contribution in [0.1, 0.15) is 27.0 Å². The van der Waals surface area contributed by atoms with Crippen LogP contribution in [0.25, 0.3) is 0 Å². The Morgan fingerprint density at radius 2 is 2.11 bits per heavy atom. The molecule has 0 aromatic heterocycles. The quantitative estimate of drug-likeness (QED) is 0.620. The number of carbonyl (C=O) groups excluding carboxylic acids is 1. The summed E-state index contributed by atoms with van der Waals surface area (Å²) < 4.78 is 42.8. The van der Waals surface area contributed by atoms with Crippen molar-refractivity contribution < 1.29 is 22.7 Å². The van der Waals surface area contributed by atoms with E-state index in [4.69, 9.17) is 5.26 Å². The van der Waals surface area contributed by atoms with Crippen molar-refractivity contribution in [2.24, 2.45) is 0 Å². The number of alkyl halides is 4. The Kier molecular flexibility index (Phi) is 4.35. The van der Waals surface area contributed by atoms with Gasteiger partial charge in [0, 0.05) is 5.33 Å². The molecule has 0 aliphatic rings. The van der Waals surface area contributed by atoms with Crippen LogP contribution in [0, 0.1) is 11.3 Å². The molecule has 1 aromatic carbocycles. The highest BCUT2D eigenvalue weighted by atomic mass is 79.9. The van der Waals surface area contributed by atoms with Gasteiger partial charge in [-0.25, -0.2) is 4.79 Å². The number of benzene rings is 1. The summed E-state index contributed by atoms with van der Waals surface area (Å²) in [5.74, 6) is -0.789. The van der Waals surface area contributed by atoms with E-state index in [-0.39, 0.29) is 16.5 Å². The van der Waals surface area contributed by atoms with Crippen LogP contribution < -0.4 is 0 Å². The SMILES string of the molecule is COC(=O)c1cc(C#N)c(C(F)(F)F)c(CBr)c1. The first-order chi connectivity index (χ1) is 8.35. The number of ether oxygens (including phenoxy) is 1. The van der Waals surface area contributed by atoms with Gasteiger partial charge in [0.2, 0.25) is 0 Å². The van der Waals surface area contributed by atoms with E-state index in [1.54, 1.807) is 0 Å². The molecule has 0 aliphatic carbocycles. The van der Waals surface area contributed by atoms with Gasteiger partial charge in [0.05, 0.1) is 29.9 Å². The highest BCUT2D eigenvalue weighted by Gasteiger charge is 2.36. The second-order valence-corrected chi connectivity index (χ2v) is 3.85. The fourth-order valence-electron chi connectivity index (χ4n) is 1.47. The van der Waals surface area contributed by atoms with Gasteiger partial charge in [-0.2, -0.15) is 18.4 Å². The summed E-state index contributed by atoms with van der Waals surface area (Å²) in [6, 6.07) is 3.38. The number of carbonyl (C=O) groups is 1. The van der Waals surface area contributed by atoms with Gasteiger partial charge in [-0.3, -0.25) is 0 Å². The summed E-state index contributed by atoms with van der Waals surface area (Å²) in [4.78, 5) is 11.3. The minimum atomic E-state index is -4.65. The van der Waals surface area contributed by atoms with Gasteiger partial charge in [-0.15, -0.1) is 0 Å². The predicted octanol–water partition coefficient (Wildman–Crippen LogP) is 3.26. The van der Waals surface area contributed by atoms with Crippen LogP contribution in [-0.2, 0) is 16.2 Å². The van der Waals surface area contributed by atoms with E-state index >= 15 is 0 Å². The molecule has 0 saturated heterocycles. The minimum absolute atomic E-state index is 0.0866. The van der Waals surface area contributed by atoms with Gasteiger partial charge in [-0.1, -0.05) is 15.9 Å². The lowest BCUT2D eigenvalue weighted by atomic mass is 9.98. The number of esters is 1. The number of methoxy groups -OCH3 is 1. The lowest BCUT2D eigenvalue weighted by Gasteiger charge is -2.14. The maximum absolute atomic E-state index is 12.8. The molecular weight excluding hydrogens is 315 g/mol. The zero-order valence-corrected chi connectivity index (χ0v) is 10.7. The first kappa shape index (κ1) is 14.5. The fraction of sp³-hybridized carbons (Fsp3) is 0.273. The summed E-state index contributed by atoms with van der Waals surface area (Å²) >= 11 is 2.91. The van der Waals surface area contributed by atoms with Crippen LogP contribution >= 0.6 is 15.9 Å². The minimum Gasteiger partial charge on any atom is -0.465 e. The van der Waals surface area contributed by atoms with Crippen molar-refractivity contribution in [3.05, 3.63) is 34.4 Å². The van der Waals surface area contributed by atoms with Crippen LogP contribution in [0.15, 0.2) is 12.1 Å². The molecule has 0 fully saturated rings. The molecule has 0 heterocycles. The van der Waals surface area contributed by atoms with E-state index in [1.807, 2.05) is 0 Å². The largest absolute Gasteiger partial charge is 0.465 e. The van der Waals surface area contributed by atoms with Crippen molar-refractivity contribution in [3.63, 3.8) is 0 Å². The zero-order valence-electron chi connectivity index (χ0n) is 9.14. The van der Waals surface area contributed by atoms with E-state index in [1.165, 1.54) is 6.07 Å². The third-order valence-electron chi connectivity index (χ3n) is 2.19. The Labute approximate surface area is 109 Å². The molecule has 96 valence electrons. The molecule has 18 heavy (non-hydrogen) atoms. The van der Waals surface area contributed by atoms with Crippen LogP contribution in [-0.4, -0.2) is 13.1 Å². The fourth-order valence-corrected chi connectivity index (χ4v) is 1.91. The van der Waals surface area contributed by atoms with E-state index in [9.17, 15) is 18.0 Å². The molecule has 0 saturated carbocycles. The molecule has 1 aromatic rings. The Hall–Kier alpha value is -1.55. The maximum atomic E-state index is 12.8. The van der Waals surface area contributed by atoms with E-state index < -0.39 is 23.3 Å². The maximum Gasteiger partial charge on any atom is 0.417 e. The highest BCUT2D eigenvalue weighted by molar-refractivity contribution is 9.08. The second-order valence-electron chi connectivity index (χ2n) is 3.29. The van der Waals surface area contributed by atoms with Gasteiger partial charge in [0.25, 0.3) is 0 Å². The van der Waals surface area contributed by atoms with E-state index in [0.717, 1.165) is 19.2 Å². The average molecular weight is 322 g/mol. The molecule has 0 bridgehead atoms. The van der Waals surface area contributed by atoms with Crippen LogP contribution in [0.4, 0.5) is 13.2 Å². The lowest BCUT2D eigenvalue weighted by Crippen LogP contribution is -2.13. The molecule has 0 amide bonds. The van der Waals surface area contributed by atoms with Gasteiger partial charge in [0.1, 0.15) is 0 Å². The number of rotatable bonds is 2. The molecular formula is C11H7BrF3NO2. The van der Waals surface area contributed by atoms with E-state index in [2.05, 4.69) is 20.7 Å². The van der Waals surface area contributed by atoms with Crippen molar-refractivity contribution in [3.8, 4) is 6.07 Å². The second kappa shape index (κ2) is 5.40. The molecule has 0 radical (unpaired) electrons. The lowest BCUT2D eigenvalue weighted by molar-refractivity contribution is -0.138. The van der Waals surface area contributed by atoms with Crippen LogP contribution in [0.3, 0.4) is 0 Å². The predicted molar refractivity (Wildman–Crippen MR) is 60.1 cm³/mol. The standard InChI is InChI=1S/C11H7BrF3NO2/c1-18-10(17)6-2-7(4-12)9(11(13,14)15)8(3-6)5-16/h2-3H,4H2,1H3. The van der Waals surface area contributed by atoms with Crippen molar-refractivity contribution in [1.29, 1.82) is 5.26 Å². The van der Waals surface area contributed by atoms with Crippen LogP contribution in [0.5, 0.6) is 0 Å². The normalized spacial score (nSPS) is 10.9. The number of halogens is 4. The Morgan fingerprint density at radius 1 is 1.50 bits per heavy atom. The van der Waals surface area contributed by atoms with Crippen LogP contribution in [0.2, 0.25) is 0 Å². The number of hydrogen-bond donors (Lipinski definition) is 0. The molecule has 1 rings (SSSR count). The summed E-state index contributed by atoms with van der Waals surface area (Å²) in [5, 5.41) is 8.64. The van der Waals surface area contributed by atoms with Gasteiger partial charge in [0.15, 0.2) is 0 Å². The van der Waals surface area contributed by atoms with Crippen molar-refractivity contribution in [2.75, 3.05) is 7.11 Å². The molecule has 0 N–H and O–H groups in total. The summed E-state index contributed by atoms with van der Waals surface area (Å²) in [5.41, 5.74) is -1.90. The molecule has 0 spiro atoms. The molecule has 0 aliphatic heterocycles. The Bertz CT molecular complexity index is 520. The molecule has 3 nitrogen and oxygen atoms in total. The van der Waals surface area contributed by atoms with Crippen molar-refractivity contribution in [1.82, 2.24) is 0 Å². The van der Waals surface area contributed by atoms with Gasteiger partial charge in [-0.05, 0) is 17.7 Å². The third-order valence-corrected chi connectivity index (χ3v) is 2.79. The first-order valence-corrected chi connectivity index (χ1v) is 5.75. The molecule has 0 atom stereocenters. The smallest absolute Gasteiger partial charge is 0.417 e. The summed E-state index contributed by atoms with van der Waals surface area (Å²) in [6.07, 6.45) is -4.65. The number of nitrogens with zero attached hydrogens (tertiary/aromatic N) is 1. The highest BCUT2D eigenvalue weighted by Crippen LogP contribution is 2.36. The Balaban J connectivity index is 3.56. The molecule has 0 unspecified atom stereocenters.